The van der Waals surface area contributed by atoms with Gasteiger partial charge in [-0.15, -0.1) is 0 Å². The summed E-state index contributed by atoms with van der Waals surface area (Å²) in [5.74, 6) is -0.360. The number of urea groups is 1. The first kappa shape index (κ1) is 21.1. The molecule has 2 aromatic rings. The van der Waals surface area contributed by atoms with Crippen LogP contribution in [0.4, 0.5) is 19.7 Å². The van der Waals surface area contributed by atoms with Crippen LogP contribution in [-0.4, -0.2) is 57.7 Å². The number of hydrogen-bond donors (Lipinski definition) is 1. The number of nitrogens with one attached hydrogen (secondary N) is 1. The standard InChI is InChI=1S/C23H27FN4O3/c1-14-5-6-16(10-19(14)20-9-15(24)7-8-25-20)26-21(29)27-12-18-11-17(27)13-28(18)22(30)31-23(2,3)4/h5-10,17-18H,11-13H2,1-4H3,(H,26,29)/t17-,18-/m0/s1. The predicted octanol–water partition coefficient (Wildman–Crippen LogP) is 4.42. The van der Waals surface area contributed by atoms with Gasteiger partial charge in [0.15, 0.2) is 0 Å². The van der Waals surface area contributed by atoms with Crippen LogP contribution < -0.4 is 5.32 Å². The summed E-state index contributed by atoms with van der Waals surface area (Å²) in [7, 11) is 0. The van der Waals surface area contributed by atoms with E-state index in [2.05, 4.69) is 10.3 Å². The smallest absolute Gasteiger partial charge is 0.410 e. The van der Waals surface area contributed by atoms with Crippen LogP contribution in [0.2, 0.25) is 0 Å². The Bertz CT molecular complexity index is 1020. The highest BCUT2D eigenvalue weighted by molar-refractivity contribution is 5.91. The molecule has 2 saturated heterocycles. The lowest BCUT2D eigenvalue weighted by Gasteiger charge is -2.35. The molecule has 0 saturated carbocycles. The molecule has 0 radical (unpaired) electrons. The Morgan fingerprint density at radius 2 is 1.84 bits per heavy atom. The average Bonchev–Trinajstić information content (AvgIpc) is 3.29. The van der Waals surface area contributed by atoms with Gasteiger partial charge in [-0.25, -0.2) is 14.0 Å². The third-order valence-electron chi connectivity index (χ3n) is 5.62. The van der Waals surface area contributed by atoms with Crippen LogP contribution in [0, 0.1) is 12.7 Å². The van der Waals surface area contributed by atoms with Crippen molar-refractivity contribution in [3.05, 3.63) is 47.9 Å². The summed E-state index contributed by atoms with van der Waals surface area (Å²) in [6, 6.07) is 7.89. The van der Waals surface area contributed by atoms with Gasteiger partial charge in [0.1, 0.15) is 11.4 Å². The first-order valence-corrected chi connectivity index (χ1v) is 10.4. The van der Waals surface area contributed by atoms with Crippen molar-refractivity contribution in [2.24, 2.45) is 0 Å². The SMILES string of the molecule is Cc1ccc(NC(=O)N2C[C@@H]3C[C@H]2CN3C(=O)OC(C)(C)C)cc1-c1cc(F)ccn1. The summed E-state index contributed by atoms with van der Waals surface area (Å²) in [4.78, 5) is 33.0. The molecule has 3 heterocycles. The van der Waals surface area contributed by atoms with E-state index in [1.165, 1.54) is 18.3 Å². The normalized spacial score (nSPS) is 20.2. The Labute approximate surface area is 181 Å². The Hall–Kier alpha value is -3.16. The number of likely N-dealkylation sites (tertiary alicyclic amines) is 2. The number of carbonyl (C=O) groups is 2. The number of fused-ring (bicyclic) bond motifs is 2. The van der Waals surface area contributed by atoms with E-state index >= 15 is 0 Å². The molecule has 0 aliphatic carbocycles. The third kappa shape index (κ3) is 4.47. The van der Waals surface area contributed by atoms with Crippen molar-refractivity contribution in [2.45, 2.75) is 51.8 Å². The molecule has 3 amide bonds. The van der Waals surface area contributed by atoms with Gasteiger partial charge >= 0.3 is 12.1 Å². The molecular formula is C23H27FN4O3. The molecule has 31 heavy (non-hydrogen) atoms. The average molecular weight is 426 g/mol. The molecule has 1 aromatic carbocycles. The van der Waals surface area contributed by atoms with Gasteiger partial charge in [0.25, 0.3) is 0 Å². The van der Waals surface area contributed by atoms with Crippen LogP contribution >= 0.6 is 0 Å². The number of piperazine rings is 1. The summed E-state index contributed by atoms with van der Waals surface area (Å²) in [6.45, 7) is 8.38. The van der Waals surface area contributed by atoms with Gasteiger partial charge in [0, 0.05) is 36.6 Å². The number of pyridine rings is 1. The van der Waals surface area contributed by atoms with Crippen LogP contribution in [0.15, 0.2) is 36.5 Å². The van der Waals surface area contributed by atoms with Gasteiger partial charge in [0.05, 0.1) is 17.8 Å². The molecule has 2 aliphatic heterocycles. The first-order chi connectivity index (χ1) is 14.6. The zero-order valence-corrected chi connectivity index (χ0v) is 18.2. The molecule has 164 valence electrons. The fourth-order valence-electron chi connectivity index (χ4n) is 4.18. The number of rotatable bonds is 2. The topological polar surface area (TPSA) is 74.8 Å². The number of benzene rings is 1. The van der Waals surface area contributed by atoms with E-state index in [0.29, 0.717) is 24.5 Å². The summed E-state index contributed by atoms with van der Waals surface area (Å²) in [5.41, 5.74) is 2.28. The molecule has 4 rings (SSSR count). The number of aryl methyl sites for hydroxylation is 1. The molecular weight excluding hydrogens is 399 g/mol. The van der Waals surface area contributed by atoms with Gasteiger partial charge in [-0.1, -0.05) is 6.07 Å². The highest BCUT2D eigenvalue weighted by atomic mass is 19.1. The van der Waals surface area contributed by atoms with E-state index < -0.39 is 5.60 Å². The second-order valence-corrected chi connectivity index (χ2v) is 9.15. The number of amides is 3. The monoisotopic (exact) mass is 426 g/mol. The molecule has 2 fully saturated rings. The molecule has 7 nitrogen and oxygen atoms in total. The van der Waals surface area contributed by atoms with Crippen molar-refractivity contribution in [1.82, 2.24) is 14.8 Å². The fraction of sp³-hybridized carbons (Fsp3) is 0.435. The van der Waals surface area contributed by atoms with Crippen LogP contribution in [-0.2, 0) is 4.74 Å². The van der Waals surface area contributed by atoms with Gasteiger partial charge < -0.3 is 19.9 Å². The summed E-state index contributed by atoms with van der Waals surface area (Å²) in [5, 5.41) is 2.93. The Kier molecular flexibility index (Phi) is 5.33. The lowest BCUT2D eigenvalue weighted by Crippen LogP contribution is -2.52. The van der Waals surface area contributed by atoms with Gasteiger partial charge in [0.2, 0.25) is 0 Å². The fourth-order valence-corrected chi connectivity index (χ4v) is 4.18. The van der Waals surface area contributed by atoms with Crippen molar-refractivity contribution < 1.29 is 18.7 Å². The molecule has 1 aromatic heterocycles. The van der Waals surface area contributed by atoms with E-state index in [4.69, 9.17) is 4.74 Å². The number of hydrogen-bond acceptors (Lipinski definition) is 4. The number of aromatic nitrogens is 1. The van der Waals surface area contributed by atoms with Crippen LogP contribution in [0.5, 0.6) is 0 Å². The first-order valence-electron chi connectivity index (χ1n) is 10.4. The minimum Gasteiger partial charge on any atom is -0.444 e. The van der Waals surface area contributed by atoms with Gasteiger partial charge in [-0.05, 0) is 57.9 Å². The van der Waals surface area contributed by atoms with Crippen molar-refractivity contribution in [3.8, 4) is 11.3 Å². The minimum absolute atomic E-state index is 0.0318. The molecule has 2 bridgehead atoms. The van der Waals surface area contributed by atoms with E-state index in [1.807, 2.05) is 39.8 Å². The number of ether oxygens (including phenoxy) is 1. The number of carbonyl (C=O) groups excluding carboxylic acids is 2. The van der Waals surface area contributed by atoms with Gasteiger partial charge in [-0.3, -0.25) is 4.98 Å². The van der Waals surface area contributed by atoms with Crippen molar-refractivity contribution >= 4 is 17.8 Å². The Morgan fingerprint density at radius 1 is 1.13 bits per heavy atom. The quantitative estimate of drug-likeness (QED) is 0.771. The summed E-state index contributed by atoms with van der Waals surface area (Å²) in [6.07, 6.45) is 1.84. The summed E-state index contributed by atoms with van der Waals surface area (Å²) < 4.78 is 19.1. The number of anilines is 1. The highest BCUT2D eigenvalue weighted by Crippen LogP contribution is 2.33. The zero-order chi connectivity index (χ0) is 22.3. The van der Waals surface area contributed by atoms with Crippen LogP contribution in [0.25, 0.3) is 11.3 Å². The number of nitrogens with zero attached hydrogens (tertiary/aromatic N) is 3. The predicted molar refractivity (Wildman–Crippen MR) is 115 cm³/mol. The highest BCUT2D eigenvalue weighted by Gasteiger charge is 2.48. The maximum absolute atomic E-state index is 13.6. The third-order valence-corrected chi connectivity index (χ3v) is 5.62. The van der Waals surface area contributed by atoms with Crippen LogP contribution in [0.3, 0.4) is 0 Å². The lowest BCUT2D eigenvalue weighted by atomic mass is 10.0. The van der Waals surface area contributed by atoms with Gasteiger partial charge in [-0.2, -0.15) is 0 Å². The minimum atomic E-state index is -0.546. The van der Waals surface area contributed by atoms with E-state index in [0.717, 1.165) is 17.5 Å². The molecule has 0 unspecified atom stereocenters. The van der Waals surface area contributed by atoms with E-state index in [-0.39, 0.29) is 30.0 Å². The van der Waals surface area contributed by atoms with E-state index in [9.17, 15) is 14.0 Å². The second-order valence-electron chi connectivity index (χ2n) is 9.15. The molecule has 2 aliphatic rings. The van der Waals surface area contributed by atoms with Crippen LogP contribution in [0.1, 0.15) is 32.8 Å². The maximum atomic E-state index is 13.6. The van der Waals surface area contributed by atoms with E-state index in [1.54, 1.807) is 15.9 Å². The number of halogens is 1. The summed E-state index contributed by atoms with van der Waals surface area (Å²) >= 11 is 0. The molecule has 8 heteroatoms. The maximum Gasteiger partial charge on any atom is 0.410 e. The lowest BCUT2D eigenvalue weighted by molar-refractivity contribution is 0.0156. The zero-order valence-electron chi connectivity index (χ0n) is 18.2. The Balaban J connectivity index is 1.43. The second kappa shape index (κ2) is 7.83. The van der Waals surface area contributed by atoms with Crippen molar-refractivity contribution in [1.29, 1.82) is 0 Å². The molecule has 1 N–H and O–H groups in total. The molecule has 0 spiro atoms. The Morgan fingerprint density at radius 3 is 2.48 bits per heavy atom. The van der Waals surface area contributed by atoms with Crippen molar-refractivity contribution in [3.63, 3.8) is 0 Å². The molecule has 2 atom stereocenters. The largest absolute Gasteiger partial charge is 0.444 e. The van der Waals surface area contributed by atoms with Crippen molar-refractivity contribution in [2.75, 3.05) is 18.4 Å².